The van der Waals surface area contributed by atoms with Crippen LogP contribution in [0.3, 0.4) is 0 Å². The molecule has 2 aromatic carbocycles. The van der Waals surface area contributed by atoms with E-state index in [0.717, 1.165) is 5.69 Å². The minimum absolute atomic E-state index is 0.173. The van der Waals surface area contributed by atoms with Gasteiger partial charge in [-0.1, -0.05) is 6.07 Å². The molecule has 0 aliphatic heterocycles. The predicted octanol–water partition coefficient (Wildman–Crippen LogP) is 3.14. The van der Waals surface area contributed by atoms with Crippen molar-refractivity contribution in [2.45, 2.75) is 0 Å². The Hall–Kier alpha value is -2.36. The summed E-state index contributed by atoms with van der Waals surface area (Å²) in [6, 6.07) is 13.1. The van der Waals surface area contributed by atoms with Gasteiger partial charge in [0.2, 0.25) is 0 Å². The summed E-state index contributed by atoms with van der Waals surface area (Å²) in [5, 5.41) is 2.99. The van der Waals surface area contributed by atoms with Crippen molar-refractivity contribution >= 4 is 17.3 Å². The van der Waals surface area contributed by atoms with Gasteiger partial charge in [-0.05, 0) is 42.5 Å². The zero-order chi connectivity index (χ0) is 13.8. The summed E-state index contributed by atoms with van der Waals surface area (Å²) in [6.07, 6.45) is 0. The fraction of sp³-hybridized carbons (Fsp3) is 0.133. The van der Waals surface area contributed by atoms with E-state index in [0.29, 0.717) is 11.3 Å². The third kappa shape index (κ3) is 2.91. The van der Waals surface area contributed by atoms with Crippen LogP contribution in [-0.4, -0.2) is 20.0 Å². The Morgan fingerprint density at radius 1 is 1.16 bits per heavy atom. The van der Waals surface area contributed by atoms with Crippen LogP contribution in [-0.2, 0) is 0 Å². The largest absolute Gasteiger partial charge is 0.388 e. The van der Waals surface area contributed by atoms with Gasteiger partial charge in [0.05, 0.1) is 0 Å². The number of nitrogens with zero attached hydrogens (tertiary/aromatic N) is 1. The van der Waals surface area contributed by atoms with Crippen molar-refractivity contribution in [3.8, 4) is 0 Å². The molecule has 0 saturated carbocycles. The van der Waals surface area contributed by atoms with Crippen molar-refractivity contribution in [1.82, 2.24) is 0 Å². The number of anilines is 2. The monoisotopic (exact) mass is 258 g/mol. The van der Waals surface area contributed by atoms with E-state index in [1.807, 2.05) is 19.2 Å². The molecule has 98 valence electrons. The highest BCUT2D eigenvalue weighted by Crippen LogP contribution is 2.17. The number of halogens is 1. The standard InChI is InChI=1S/C15H15FN2O/c1-17-13-8-6-11(7-9-13)15(19)18(2)14-5-3-4-12(16)10-14/h3-10,17H,1-2H3. The van der Waals surface area contributed by atoms with Gasteiger partial charge in [0, 0.05) is 31.0 Å². The summed E-state index contributed by atoms with van der Waals surface area (Å²) in [6.45, 7) is 0. The van der Waals surface area contributed by atoms with Gasteiger partial charge in [-0.2, -0.15) is 0 Å². The number of hydrogen-bond acceptors (Lipinski definition) is 2. The Morgan fingerprint density at radius 3 is 2.42 bits per heavy atom. The lowest BCUT2D eigenvalue weighted by Crippen LogP contribution is -2.26. The van der Waals surface area contributed by atoms with Crippen LogP contribution in [0.5, 0.6) is 0 Å². The Bertz CT molecular complexity index is 581. The number of amides is 1. The van der Waals surface area contributed by atoms with Gasteiger partial charge >= 0.3 is 0 Å². The highest BCUT2D eigenvalue weighted by Gasteiger charge is 2.13. The molecule has 0 radical (unpaired) electrons. The number of benzene rings is 2. The minimum atomic E-state index is -0.359. The average molecular weight is 258 g/mol. The third-order valence-electron chi connectivity index (χ3n) is 2.92. The number of nitrogens with one attached hydrogen (secondary N) is 1. The van der Waals surface area contributed by atoms with E-state index in [1.165, 1.54) is 17.0 Å². The molecule has 1 amide bonds. The summed E-state index contributed by atoms with van der Waals surface area (Å²) in [5.41, 5.74) is 2.03. The maximum atomic E-state index is 13.1. The zero-order valence-corrected chi connectivity index (χ0v) is 10.9. The summed E-state index contributed by atoms with van der Waals surface area (Å²) in [5.74, 6) is -0.532. The smallest absolute Gasteiger partial charge is 0.258 e. The lowest BCUT2D eigenvalue weighted by atomic mass is 10.1. The lowest BCUT2D eigenvalue weighted by Gasteiger charge is -2.17. The van der Waals surface area contributed by atoms with Gasteiger partial charge in [0.1, 0.15) is 5.82 Å². The first-order chi connectivity index (χ1) is 9.11. The molecule has 3 nitrogen and oxygen atoms in total. The molecule has 2 aromatic rings. The predicted molar refractivity (Wildman–Crippen MR) is 75.1 cm³/mol. The van der Waals surface area contributed by atoms with Crippen molar-refractivity contribution < 1.29 is 9.18 Å². The van der Waals surface area contributed by atoms with E-state index < -0.39 is 0 Å². The Labute approximate surface area is 111 Å². The van der Waals surface area contributed by atoms with E-state index in [-0.39, 0.29) is 11.7 Å². The fourth-order valence-electron chi connectivity index (χ4n) is 1.78. The maximum absolute atomic E-state index is 13.1. The fourth-order valence-corrected chi connectivity index (χ4v) is 1.78. The van der Waals surface area contributed by atoms with E-state index in [1.54, 1.807) is 31.3 Å². The molecule has 0 bridgehead atoms. The molecular weight excluding hydrogens is 243 g/mol. The first-order valence-corrected chi connectivity index (χ1v) is 5.93. The molecule has 0 unspecified atom stereocenters. The molecule has 0 aromatic heterocycles. The maximum Gasteiger partial charge on any atom is 0.258 e. The lowest BCUT2D eigenvalue weighted by molar-refractivity contribution is 0.0993. The minimum Gasteiger partial charge on any atom is -0.388 e. The van der Waals surface area contributed by atoms with Crippen LogP contribution < -0.4 is 10.2 Å². The summed E-state index contributed by atoms with van der Waals surface area (Å²) >= 11 is 0. The molecule has 0 aliphatic rings. The number of carbonyl (C=O) groups is 1. The van der Waals surface area contributed by atoms with Gasteiger partial charge in [-0.15, -0.1) is 0 Å². The third-order valence-corrected chi connectivity index (χ3v) is 2.92. The van der Waals surface area contributed by atoms with Crippen LogP contribution in [0.15, 0.2) is 48.5 Å². The topological polar surface area (TPSA) is 32.3 Å². The van der Waals surface area contributed by atoms with Crippen LogP contribution in [0.2, 0.25) is 0 Å². The van der Waals surface area contributed by atoms with Crippen molar-refractivity contribution in [3.63, 3.8) is 0 Å². The first-order valence-electron chi connectivity index (χ1n) is 5.93. The van der Waals surface area contributed by atoms with Crippen LogP contribution >= 0.6 is 0 Å². The van der Waals surface area contributed by atoms with Crippen LogP contribution in [0.4, 0.5) is 15.8 Å². The van der Waals surface area contributed by atoms with Crippen molar-refractivity contribution in [2.24, 2.45) is 0 Å². The molecule has 2 rings (SSSR count). The Balaban J connectivity index is 2.23. The molecule has 0 fully saturated rings. The molecule has 1 N–H and O–H groups in total. The second-order valence-corrected chi connectivity index (χ2v) is 4.17. The molecule has 4 heteroatoms. The molecule has 0 aliphatic carbocycles. The zero-order valence-electron chi connectivity index (χ0n) is 10.9. The second-order valence-electron chi connectivity index (χ2n) is 4.17. The molecule has 0 spiro atoms. The molecule has 0 heterocycles. The first kappa shape index (κ1) is 13.1. The van der Waals surface area contributed by atoms with Crippen LogP contribution in [0, 0.1) is 5.82 Å². The van der Waals surface area contributed by atoms with Gasteiger partial charge in [0.25, 0.3) is 5.91 Å². The summed E-state index contributed by atoms with van der Waals surface area (Å²) in [4.78, 5) is 13.7. The van der Waals surface area contributed by atoms with Crippen molar-refractivity contribution in [2.75, 3.05) is 24.3 Å². The summed E-state index contributed by atoms with van der Waals surface area (Å²) in [7, 11) is 3.44. The van der Waals surface area contributed by atoms with Crippen molar-refractivity contribution in [3.05, 3.63) is 59.9 Å². The normalized spacial score (nSPS) is 10.1. The highest BCUT2D eigenvalue weighted by atomic mass is 19.1. The number of rotatable bonds is 3. The summed E-state index contributed by atoms with van der Waals surface area (Å²) < 4.78 is 13.1. The van der Waals surface area contributed by atoms with Gasteiger partial charge < -0.3 is 10.2 Å². The number of hydrogen-bond donors (Lipinski definition) is 1. The quantitative estimate of drug-likeness (QED) is 0.917. The van der Waals surface area contributed by atoms with E-state index >= 15 is 0 Å². The van der Waals surface area contributed by atoms with Gasteiger partial charge in [-0.25, -0.2) is 4.39 Å². The highest BCUT2D eigenvalue weighted by molar-refractivity contribution is 6.05. The second kappa shape index (κ2) is 5.52. The molecular formula is C15H15FN2O. The van der Waals surface area contributed by atoms with Gasteiger partial charge in [-0.3, -0.25) is 4.79 Å². The Kier molecular flexibility index (Phi) is 3.80. The number of carbonyl (C=O) groups excluding carboxylic acids is 1. The van der Waals surface area contributed by atoms with E-state index in [9.17, 15) is 9.18 Å². The molecule has 0 saturated heterocycles. The van der Waals surface area contributed by atoms with Crippen molar-refractivity contribution in [1.29, 1.82) is 0 Å². The van der Waals surface area contributed by atoms with E-state index in [4.69, 9.17) is 0 Å². The van der Waals surface area contributed by atoms with Crippen LogP contribution in [0.25, 0.3) is 0 Å². The SMILES string of the molecule is CNc1ccc(C(=O)N(C)c2cccc(F)c2)cc1. The Morgan fingerprint density at radius 2 is 1.84 bits per heavy atom. The van der Waals surface area contributed by atoms with E-state index in [2.05, 4.69) is 5.32 Å². The van der Waals surface area contributed by atoms with Crippen LogP contribution in [0.1, 0.15) is 10.4 Å². The average Bonchev–Trinajstić information content (AvgIpc) is 2.46. The molecule has 0 atom stereocenters. The molecule has 19 heavy (non-hydrogen) atoms. The van der Waals surface area contributed by atoms with Gasteiger partial charge in [0.15, 0.2) is 0 Å².